The molecule has 9 unspecified atom stereocenters. The Morgan fingerprint density at radius 1 is 1.21 bits per heavy atom. The van der Waals surface area contributed by atoms with E-state index < -0.39 is 5.60 Å². The Balaban J connectivity index is 1.64. The van der Waals surface area contributed by atoms with Gasteiger partial charge in [0, 0.05) is 12.8 Å². The van der Waals surface area contributed by atoms with Gasteiger partial charge in [0.05, 0.1) is 11.7 Å². The molecule has 0 bridgehead atoms. The first kappa shape index (κ1) is 25.9. The van der Waals surface area contributed by atoms with Crippen LogP contribution in [0.15, 0.2) is 23.8 Å². The van der Waals surface area contributed by atoms with Gasteiger partial charge in [-0.15, -0.1) is 0 Å². The Morgan fingerprint density at radius 3 is 2.56 bits per heavy atom. The number of aliphatic hydroxyl groups is 2. The van der Waals surface area contributed by atoms with Crippen molar-refractivity contribution in [3.05, 3.63) is 23.8 Å². The monoisotopic (exact) mass is 472 g/mol. The van der Waals surface area contributed by atoms with Gasteiger partial charge in [-0.2, -0.15) is 0 Å². The van der Waals surface area contributed by atoms with Gasteiger partial charge in [0.1, 0.15) is 6.10 Å². The van der Waals surface area contributed by atoms with Crippen molar-refractivity contribution in [1.29, 1.82) is 0 Å². The second kappa shape index (κ2) is 9.07. The lowest BCUT2D eigenvalue weighted by atomic mass is 9.46. The van der Waals surface area contributed by atoms with E-state index in [4.69, 9.17) is 4.74 Å². The SMILES string of the molecule is C=C(CCC(C)(O)C1CCC2C3C(OC(C)=O)C=C4CC(O)CCC4(C)C3CCC21C)C(C)C. The van der Waals surface area contributed by atoms with Gasteiger partial charge in [0.2, 0.25) is 0 Å². The molecule has 3 fully saturated rings. The molecule has 4 nitrogen and oxygen atoms in total. The summed E-state index contributed by atoms with van der Waals surface area (Å²) in [4.78, 5) is 12.1. The minimum absolute atomic E-state index is 0.0398. The lowest BCUT2D eigenvalue weighted by Crippen LogP contribution is -2.56. The van der Waals surface area contributed by atoms with Crippen molar-refractivity contribution < 1.29 is 19.7 Å². The van der Waals surface area contributed by atoms with Crippen molar-refractivity contribution in [3.63, 3.8) is 0 Å². The number of ether oxygens (including phenoxy) is 1. The van der Waals surface area contributed by atoms with Gasteiger partial charge in [-0.3, -0.25) is 4.79 Å². The molecule has 0 amide bonds. The van der Waals surface area contributed by atoms with Crippen LogP contribution in [-0.4, -0.2) is 34.0 Å². The first-order valence-electron chi connectivity index (χ1n) is 13.8. The fraction of sp³-hybridized carbons (Fsp3) is 0.833. The number of allylic oxidation sites excluding steroid dienone is 1. The summed E-state index contributed by atoms with van der Waals surface area (Å²) in [6.45, 7) is 17.0. The Labute approximate surface area is 207 Å². The van der Waals surface area contributed by atoms with Crippen LogP contribution < -0.4 is 0 Å². The molecule has 0 aromatic heterocycles. The predicted octanol–water partition coefficient (Wildman–Crippen LogP) is 6.21. The van der Waals surface area contributed by atoms with E-state index in [1.807, 2.05) is 0 Å². The number of carbonyl (C=O) groups is 1. The van der Waals surface area contributed by atoms with Crippen molar-refractivity contribution in [3.8, 4) is 0 Å². The molecule has 0 aliphatic heterocycles. The maximum absolute atomic E-state index is 12.1. The van der Waals surface area contributed by atoms with Gasteiger partial charge < -0.3 is 14.9 Å². The molecule has 34 heavy (non-hydrogen) atoms. The van der Waals surface area contributed by atoms with E-state index in [1.54, 1.807) is 0 Å². The first-order valence-corrected chi connectivity index (χ1v) is 13.8. The number of carbonyl (C=O) groups excluding carboxylic acids is 1. The highest BCUT2D eigenvalue weighted by Crippen LogP contribution is 2.68. The smallest absolute Gasteiger partial charge is 0.303 e. The zero-order valence-corrected chi connectivity index (χ0v) is 22.4. The molecule has 192 valence electrons. The van der Waals surface area contributed by atoms with E-state index in [0.29, 0.717) is 24.2 Å². The standard InChI is InChI=1S/C30H48O4/c1-18(2)19(3)10-15-30(7,33)26-9-8-23-27-24(12-14-29(23,26)6)28(5)13-11-22(32)16-21(28)17-25(27)34-20(4)31/h17-18,22-27,32-33H,3,8-16H2,1-2,4-7H3. The molecule has 4 aliphatic rings. The van der Waals surface area contributed by atoms with E-state index in [0.717, 1.165) is 51.4 Å². The zero-order valence-electron chi connectivity index (χ0n) is 22.4. The average molecular weight is 473 g/mol. The summed E-state index contributed by atoms with van der Waals surface area (Å²) in [5.41, 5.74) is 1.92. The predicted molar refractivity (Wildman–Crippen MR) is 136 cm³/mol. The lowest BCUT2D eigenvalue weighted by molar-refractivity contribution is -0.162. The van der Waals surface area contributed by atoms with Gasteiger partial charge in [-0.1, -0.05) is 45.4 Å². The van der Waals surface area contributed by atoms with Crippen molar-refractivity contribution in [1.82, 2.24) is 0 Å². The maximum Gasteiger partial charge on any atom is 0.303 e. The average Bonchev–Trinajstić information content (AvgIpc) is 3.10. The number of aliphatic hydroxyl groups excluding tert-OH is 1. The molecule has 4 heteroatoms. The lowest BCUT2D eigenvalue weighted by Gasteiger charge is -2.60. The van der Waals surface area contributed by atoms with Crippen molar-refractivity contribution in [2.75, 3.05) is 0 Å². The Bertz CT molecular complexity index is 841. The van der Waals surface area contributed by atoms with Crippen molar-refractivity contribution in [2.24, 2.45) is 40.4 Å². The van der Waals surface area contributed by atoms with Crippen LogP contribution in [0.5, 0.6) is 0 Å². The van der Waals surface area contributed by atoms with E-state index in [9.17, 15) is 15.0 Å². The highest BCUT2D eigenvalue weighted by Gasteiger charge is 2.63. The maximum atomic E-state index is 12.1. The molecule has 0 spiro atoms. The van der Waals surface area contributed by atoms with Crippen molar-refractivity contribution in [2.45, 2.75) is 117 Å². The molecular weight excluding hydrogens is 424 g/mol. The Morgan fingerprint density at radius 2 is 1.91 bits per heavy atom. The molecule has 0 saturated heterocycles. The molecule has 0 radical (unpaired) electrons. The summed E-state index contributed by atoms with van der Waals surface area (Å²) >= 11 is 0. The molecule has 0 aromatic rings. The highest BCUT2D eigenvalue weighted by atomic mass is 16.5. The second-order valence-electron chi connectivity index (χ2n) is 13.2. The number of esters is 1. The van der Waals surface area contributed by atoms with Crippen LogP contribution in [0, 0.1) is 40.4 Å². The third-order valence-corrected chi connectivity index (χ3v) is 10.9. The third kappa shape index (κ3) is 4.32. The van der Waals surface area contributed by atoms with Crippen LogP contribution in [0.2, 0.25) is 0 Å². The summed E-state index contributed by atoms with van der Waals surface area (Å²) in [5, 5.41) is 22.1. The fourth-order valence-electron chi connectivity index (χ4n) is 8.81. The van der Waals surface area contributed by atoms with Crippen LogP contribution >= 0.6 is 0 Å². The Kier molecular flexibility index (Phi) is 6.92. The largest absolute Gasteiger partial charge is 0.458 e. The minimum Gasteiger partial charge on any atom is -0.458 e. The summed E-state index contributed by atoms with van der Waals surface area (Å²) in [5.74, 6) is 1.66. The van der Waals surface area contributed by atoms with Crippen LogP contribution in [-0.2, 0) is 9.53 Å². The minimum atomic E-state index is -0.723. The van der Waals surface area contributed by atoms with Gasteiger partial charge in [-0.05, 0) is 105 Å². The van der Waals surface area contributed by atoms with Gasteiger partial charge in [0.15, 0.2) is 0 Å². The normalized spacial score (nSPS) is 43.3. The molecule has 9 atom stereocenters. The first-order chi connectivity index (χ1) is 15.8. The number of hydrogen-bond acceptors (Lipinski definition) is 4. The highest BCUT2D eigenvalue weighted by molar-refractivity contribution is 5.66. The Hall–Kier alpha value is -1.13. The van der Waals surface area contributed by atoms with Crippen LogP contribution in [0.4, 0.5) is 0 Å². The fourth-order valence-corrected chi connectivity index (χ4v) is 8.81. The van der Waals surface area contributed by atoms with Crippen LogP contribution in [0.25, 0.3) is 0 Å². The summed E-state index contributed by atoms with van der Waals surface area (Å²) in [6, 6.07) is 0. The number of hydrogen-bond donors (Lipinski definition) is 2. The summed E-state index contributed by atoms with van der Waals surface area (Å²) in [7, 11) is 0. The van der Waals surface area contributed by atoms with Crippen molar-refractivity contribution >= 4 is 5.97 Å². The summed E-state index contributed by atoms with van der Waals surface area (Å²) in [6.07, 6.45) is 10.3. The number of rotatable bonds is 6. The molecule has 0 heterocycles. The molecular formula is C30H48O4. The second-order valence-corrected chi connectivity index (χ2v) is 13.2. The molecule has 0 aromatic carbocycles. The van der Waals surface area contributed by atoms with Crippen LogP contribution in [0.1, 0.15) is 99.3 Å². The zero-order chi connectivity index (χ0) is 25.1. The van der Waals surface area contributed by atoms with E-state index in [-0.39, 0.29) is 40.8 Å². The van der Waals surface area contributed by atoms with Gasteiger partial charge in [-0.25, -0.2) is 0 Å². The van der Waals surface area contributed by atoms with Gasteiger partial charge >= 0.3 is 5.97 Å². The number of fused-ring (bicyclic) bond motifs is 5. The molecule has 4 aliphatic carbocycles. The molecule has 4 rings (SSSR count). The third-order valence-electron chi connectivity index (χ3n) is 10.9. The topological polar surface area (TPSA) is 66.8 Å². The van der Waals surface area contributed by atoms with Crippen LogP contribution in [0.3, 0.4) is 0 Å². The van der Waals surface area contributed by atoms with E-state index >= 15 is 0 Å². The van der Waals surface area contributed by atoms with E-state index in [2.05, 4.69) is 47.3 Å². The molecule has 3 saturated carbocycles. The quantitative estimate of drug-likeness (QED) is 0.356. The summed E-state index contributed by atoms with van der Waals surface area (Å²) < 4.78 is 6.00. The van der Waals surface area contributed by atoms with E-state index in [1.165, 1.54) is 18.1 Å². The van der Waals surface area contributed by atoms with Gasteiger partial charge in [0.25, 0.3) is 0 Å². The molecule has 2 N–H and O–H groups in total.